The van der Waals surface area contributed by atoms with E-state index < -0.39 is 0 Å². The Kier molecular flexibility index (Phi) is 4.06. The Balaban J connectivity index is 1.84. The second kappa shape index (κ2) is 5.98. The molecule has 1 saturated heterocycles. The fourth-order valence-corrected chi connectivity index (χ4v) is 3.16. The predicted octanol–water partition coefficient (Wildman–Crippen LogP) is 3.07. The van der Waals surface area contributed by atoms with Crippen LogP contribution in [0.3, 0.4) is 0 Å². The molecule has 0 unspecified atom stereocenters. The summed E-state index contributed by atoms with van der Waals surface area (Å²) in [5.74, 6) is 0.550. The second-order valence-corrected chi connectivity index (χ2v) is 6.22. The molecule has 1 aliphatic heterocycles. The zero-order valence-electron chi connectivity index (χ0n) is 13.2. The van der Waals surface area contributed by atoms with Crippen molar-refractivity contribution in [3.63, 3.8) is 0 Å². The van der Waals surface area contributed by atoms with E-state index in [0.717, 1.165) is 17.9 Å². The van der Waals surface area contributed by atoms with E-state index >= 15 is 0 Å². The first-order valence-electron chi connectivity index (χ1n) is 7.84. The molecule has 3 rings (SSSR count). The minimum Gasteiger partial charge on any atom is -0.300 e. The minimum atomic E-state index is 0.550. The van der Waals surface area contributed by atoms with Gasteiger partial charge < -0.3 is 4.90 Å². The van der Waals surface area contributed by atoms with E-state index in [-0.39, 0.29) is 0 Å². The highest BCUT2D eigenvalue weighted by Gasteiger charge is 2.24. The lowest BCUT2D eigenvalue weighted by Crippen LogP contribution is -2.39. The molecule has 2 aromatic rings. The van der Waals surface area contributed by atoms with Gasteiger partial charge >= 0.3 is 0 Å². The molecule has 0 spiro atoms. The minimum absolute atomic E-state index is 0.550. The largest absolute Gasteiger partial charge is 0.300 e. The molecular formula is C17H24N4. The summed E-state index contributed by atoms with van der Waals surface area (Å²) in [4.78, 5) is 7.47. The number of likely N-dealkylation sites (tertiary alicyclic amines) is 1. The quantitative estimate of drug-likeness (QED) is 0.868. The van der Waals surface area contributed by atoms with Crippen LogP contribution in [-0.2, 0) is 7.05 Å². The topological polar surface area (TPSA) is 34.0 Å². The Labute approximate surface area is 126 Å². The number of nitrogens with zero attached hydrogens (tertiary/aromatic N) is 4. The first kappa shape index (κ1) is 14.3. The van der Waals surface area contributed by atoms with Gasteiger partial charge in [0.2, 0.25) is 0 Å². The van der Waals surface area contributed by atoms with Crippen molar-refractivity contribution in [1.29, 1.82) is 0 Å². The molecule has 4 nitrogen and oxygen atoms in total. The van der Waals surface area contributed by atoms with Gasteiger partial charge in [-0.2, -0.15) is 5.10 Å². The standard InChI is InChI=1S/C17H24N4/c1-13(2)21-11-5-6-14(12-21)15-7-4-8-16(19-15)17-9-10-18-20(17)3/h4,7-10,13-14H,5-6,11-12H2,1-3H3/t14-/m1/s1. The van der Waals surface area contributed by atoms with Gasteiger partial charge in [0.25, 0.3) is 0 Å². The number of hydrogen-bond donors (Lipinski definition) is 0. The normalized spacial score (nSPS) is 20.1. The number of piperidine rings is 1. The van der Waals surface area contributed by atoms with E-state index in [1.165, 1.54) is 25.1 Å². The first-order valence-corrected chi connectivity index (χ1v) is 7.84. The molecule has 21 heavy (non-hydrogen) atoms. The molecule has 0 amide bonds. The van der Waals surface area contributed by atoms with Crippen molar-refractivity contribution in [2.24, 2.45) is 7.05 Å². The van der Waals surface area contributed by atoms with Gasteiger partial charge in [-0.25, -0.2) is 0 Å². The van der Waals surface area contributed by atoms with E-state index in [1.54, 1.807) is 0 Å². The fraction of sp³-hybridized carbons (Fsp3) is 0.529. The Bertz CT molecular complexity index is 602. The van der Waals surface area contributed by atoms with Gasteiger partial charge in [0, 0.05) is 37.4 Å². The molecule has 112 valence electrons. The summed E-state index contributed by atoms with van der Waals surface area (Å²) in [7, 11) is 1.96. The van der Waals surface area contributed by atoms with Crippen LogP contribution in [0.15, 0.2) is 30.5 Å². The molecule has 0 aliphatic carbocycles. The summed E-state index contributed by atoms with van der Waals surface area (Å²) in [5.41, 5.74) is 3.32. The van der Waals surface area contributed by atoms with E-state index in [2.05, 4.69) is 42.0 Å². The molecule has 3 heterocycles. The summed E-state index contributed by atoms with van der Waals surface area (Å²) in [6.07, 6.45) is 4.33. The molecule has 1 fully saturated rings. The maximum Gasteiger partial charge on any atom is 0.0886 e. The summed E-state index contributed by atoms with van der Waals surface area (Å²) in [5, 5.41) is 4.24. The lowest BCUT2D eigenvalue weighted by atomic mass is 9.93. The number of rotatable bonds is 3. The Morgan fingerprint density at radius 2 is 2.10 bits per heavy atom. The van der Waals surface area contributed by atoms with Gasteiger partial charge in [-0.05, 0) is 51.4 Å². The third kappa shape index (κ3) is 3.00. The zero-order chi connectivity index (χ0) is 14.8. The smallest absolute Gasteiger partial charge is 0.0886 e. The molecule has 0 radical (unpaired) electrons. The van der Waals surface area contributed by atoms with Crippen molar-refractivity contribution in [3.8, 4) is 11.4 Å². The maximum absolute atomic E-state index is 4.91. The average molecular weight is 284 g/mol. The van der Waals surface area contributed by atoms with Crippen molar-refractivity contribution in [3.05, 3.63) is 36.2 Å². The third-order valence-corrected chi connectivity index (χ3v) is 4.46. The summed E-state index contributed by atoms with van der Waals surface area (Å²) < 4.78 is 1.88. The van der Waals surface area contributed by atoms with Gasteiger partial charge in [0.15, 0.2) is 0 Å². The fourth-order valence-electron chi connectivity index (χ4n) is 3.16. The lowest BCUT2D eigenvalue weighted by molar-refractivity contribution is 0.166. The molecular weight excluding hydrogens is 260 g/mol. The predicted molar refractivity (Wildman–Crippen MR) is 85.1 cm³/mol. The van der Waals surface area contributed by atoms with Crippen LogP contribution in [0.1, 0.15) is 38.3 Å². The van der Waals surface area contributed by atoms with Crippen LogP contribution < -0.4 is 0 Å². The van der Waals surface area contributed by atoms with Crippen LogP contribution in [0.4, 0.5) is 0 Å². The van der Waals surface area contributed by atoms with Crippen LogP contribution >= 0.6 is 0 Å². The molecule has 1 atom stereocenters. The van der Waals surface area contributed by atoms with Crippen LogP contribution in [-0.4, -0.2) is 38.8 Å². The lowest BCUT2D eigenvalue weighted by Gasteiger charge is -2.35. The van der Waals surface area contributed by atoms with Crippen molar-refractivity contribution in [2.75, 3.05) is 13.1 Å². The molecule has 4 heteroatoms. The Hall–Kier alpha value is -1.68. The van der Waals surface area contributed by atoms with E-state index in [1.807, 2.05) is 24.0 Å². The van der Waals surface area contributed by atoms with Gasteiger partial charge in [-0.1, -0.05) is 6.07 Å². The van der Waals surface area contributed by atoms with E-state index in [0.29, 0.717) is 12.0 Å². The number of pyridine rings is 1. The van der Waals surface area contributed by atoms with Crippen LogP contribution in [0.5, 0.6) is 0 Å². The molecule has 0 N–H and O–H groups in total. The Morgan fingerprint density at radius 1 is 1.24 bits per heavy atom. The first-order chi connectivity index (χ1) is 10.1. The molecule has 0 saturated carbocycles. The highest BCUT2D eigenvalue weighted by atomic mass is 15.3. The van der Waals surface area contributed by atoms with Gasteiger partial charge in [-0.3, -0.25) is 9.67 Å². The van der Waals surface area contributed by atoms with Gasteiger partial charge in [-0.15, -0.1) is 0 Å². The SMILES string of the molecule is CC(C)N1CCC[C@@H](c2cccc(-c3ccnn3C)n2)C1. The number of aryl methyl sites for hydroxylation is 1. The van der Waals surface area contributed by atoms with Crippen molar-refractivity contribution in [2.45, 2.75) is 38.6 Å². The van der Waals surface area contributed by atoms with E-state index in [9.17, 15) is 0 Å². The van der Waals surface area contributed by atoms with Crippen LogP contribution in [0.2, 0.25) is 0 Å². The average Bonchev–Trinajstić information content (AvgIpc) is 2.94. The van der Waals surface area contributed by atoms with Crippen molar-refractivity contribution in [1.82, 2.24) is 19.7 Å². The Morgan fingerprint density at radius 3 is 2.81 bits per heavy atom. The van der Waals surface area contributed by atoms with Gasteiger partial charge in [0.05, 0.1) is 11.4 Å². The second-order valence-electron chi connectivity index (χ2n) is 6.22. The highest BCUT2D eigenvalue weighted by molar-refractivity contribution is 5.54. The summed E-state index contributed by atoms with van der Waals surface area (Å²) in [6, 6.07) is 9.01. The van der Waals surface area contributed by atoms with E-state index in [4.69, 9.17) is 4.98 Å². The number of aromatic nitrogens is 3. The van der Waals surface area contributed by atoms with Gasteiger partial charge in [0.1, 0.15) is 0 Å². The van der Waals surface area contributed by atoms with Crippen molar-refractivity contribution < 1.29 is 0 Å². The molecule has 1 aliphatic rings. The number of hydrogen-bond acceptors (Lipinski definition) is 3. The van der Waals surface area contributed by atoms with Crippen LogP contribution in [0.25, 0.3) is 11.4 Å². The molecule has 2 aromatic heterocycles. The molecule has 0 aromatic carbocycles. The maximum atomic E-state index is 4.91. The van der Waals surface area contributed by atoms with Crippen molar-refractivity contribution >= 4 is 0 Å². The zero-order valence-corrected chi connectivity index (χ0v) is 13.2. The summed E-state index contributed by atoms with van der Waals surface area (Å²) >= 11 is 0. The third-order valence-electron chi connectivity index (χ3n) is 4.46. The monoisotopic (exact) mass is 284 g/mol. The highest BCUT2D eigenvalue weighted by Crippen LogP contribution is 2.28. The van der Waals surface area contributed by atoms with Crippen LogP contribution in [0, 0.1) is 0 Å². The summed E-state index contributed by atoms with van der Waals surface area (Å²) in [6.45, 7) is 6.90. The molecule has 0 bridgehead atoms.